The number of hydrogen-bond donors (Lipinski definition) is 1. The minimum absolute atomic E-state index is 0.232. The molecule has 2 heterocycles. The molecule has 0 aliphatic heterocycles. The molecule has 3 aromatic carbocycles. The Morgan fingerprint density at radius 2 is 1.97 bits per heavy atom. The second-order valence-corrected chi connectivity index (χ2v) is 9.26. The fourth-order valence-electron chi connectivity index (χ4n) is 3.69. The van der Waals surface area contributed by atoms with E-state index in [9.17, 15) is 4.79 Å². The van der Waals surface area contributed by atoms with E-state index < -0.39 is 0 Å². The number of hydrogen-bond acceptors (Lipinski definition) is 4. The van der Waals surface area contributed by atoms with E-state index in [4.69, 9.17) is 16.0 Å². The third-order valence-electron chi connectivity index (χ3n) is 5.70. The smallest absolute Gasteiger partial charge is 0.267 e. The first-order valence-electron chi connectivity index (χ1n) is 10.5. The van der Waals surface area contributed by atoms with Gasteiger partial charge in [0.15, 0.2) is 5.58 Å². The first-order valence-corrected chi connectivity index (χ1v) is 11.7. The van der Waals surface area contributed by atoms with Gasteiger partial charge in [-0.3, -0.25) is 4.79 Å². The largest absolute Gasteiger partial charge is 0.436 e. The van der Waals surface area contributed by atoms with Crippen LogP contribution in [-0.2, 0) is 0 Å². The summed E-state index contributed by atoms with van der Waals surface area (Å²) in [5.41, 5.74) is 4.29. The lowest BCUT2D eigenvalue weighted by Crippen LogP contribution is -2.10. The van der Waals surface area contributed by atoms with Crippen molar-refractivity contribution in [2.45, 2.75) is 26.2 Å². The molecule has 5 aromatic rings. The Morgan fingerprint density at radius 1 is 1.12 bits per heavy atom. The highest BCUT2D eigenvalue weighted by Gasteiger charge is 2.18. The van der Waals surface area contributed by atoms with Gasteiger partial charge in [0.1, 0.15) is 10.4 Å². The van der Waals surface area contributed by atoms with Crippen LogP contribution in [0, 0.1) is 0 Å². The van der Waals surface area contributed by atoms with Crippen LogP contribution in [0.25, 0.3) is 32.6 Å². The van der Waals surface area contributed by atoms with Gasteiger partial charge in [-0.15, -0.1) is 11.3 Å². The summed E-state index contributed by atoms with van der Waals surface area (Å²) in [4.78, 5) is 18.1. The third-order valence-corrected chi connectivity index (χ3v) is 7.38. The predicted octanol–water partition coefficient (Wildman–Crippen LogP) is 8.13. The highest BCUT2D eigenvalue weighted by molar-refractivity contribution is 7.21. The lowest BCUT2D eigenvalue weighted by atomic mass is 9.98. The molecule has 2 aromatic heterocycles. The standard InChI is InChI=1S/C26H21ClN2O2S/c1-3-15(2)16-11-12-21-20(14-16)29-26(31-21)17-7-6-8-18(13-17)28-25(30)24-23(27)19-9-4-5-10-22(19)32-24/h4-15H,3H2,1-2H3,(H,28,30)/t15-/m1/s1. The van der Waals surface area contributed by atoms with E-state index in [1.165, 1.54) is 16.9 Å². The molecule has 5 rings (SSSR count). The van der Waals surface area contributed by atoms with Gasteiger partial charge in [-0.25, -0.2) is 4.98 Å². The van der Waals surface area contributed by atoms with Crippen LogP contribution in [0.2, 0.25) is 5.02 Å². The van der Waals surface area contributed by atoms with Crippen LogP contribution < -0.4 is 5.32 Å². The first-order chi connectivity index (χ1) is 15.5. The van der Waals surface area contributed by atoms with Gasteiger partial charge in [-0.2, -0.15) is 0 Å². The number of fused-ring (bicyclic) bond motifs is 2. The maximum atomic E-state index is 12.9. The summed E-state index contributed by atoms with van der Waals surface area (Å²) in [6.45, 7) is 4.38. The lowest BCUT2D eigenvalue weighted by Gasteiger charge is -2.07. The number of benzene rings is 3. The van der Waals surface area contributed by atoms with Gasteiger partial charge in [-0.1, -0.05) is 55.8 Å². The average Bonchev–Trinajstić information content (AvgIpc) is 3.40. The molecule has 1 amide bonds. The van der Waals surface area contributed by atoms with Gasteiger partial charge in [-0.05, 0) is 54.3 Å². The average molecular weight is 461 g/mol. The minimum Gasteiger partial charge on any atom is -0.436 e. The molecule has 0 radical (unpaired) electrons. The van der Waals surface area contributed by atoms with E-state index in [1.807, 2.05) is 54.6 Å². The molecule has 32 heavy (non-hydrogen) atoms. The lowest BCUT2D eigenvalue weighted by molar-refractivity contribution is 0.103. The summed E-state index contributed by atoms with van der Waals surface area (Å²) < 4.78 is 6.97. The van der Waals surface area contributed by atoms with E-state index in [0.717, 1.165) is 33.2 Å². The maximum Gasteiger partial charge on any atom is 0.267 e. The molecule has 6 heteroatoms. The first kappa shape index (κ1) is 20.7. The van der Waals surface area contributed by atoms with Gasteiger partial charge >= 0.3 is 0 Å². The number of thiophene rings is 1. The van der Waals surface area contributed by atoms with Gasteiger partial charge in [0.2, 0.25) is 5.89 Å². The summed E-state index contributed by atoms with van der Waals surface area (Å²) >= 11 is 7.85. The minimum atomic E-state index is -0.232. The fraction of sp³-hybridized carbons (Fsp3) is 0.154. The van der Waals surface area contributed by atoms with Crippen molar-refractivity contribution in [1.29, 1.82) is 0 Å². The Bertz CT molecular complexity index is 1450. The number of carbonyl (C=O) groups excluding carboxylic acids is 1. The fourth-order valence-corrected chi connectivity index (χ4v) is 5.10. The number of amides is 1. The van der Waals surface area contributed by atoms with Crippen LogP contribution in [0.1, 0.15) is 41.4 Å². The molecule has 0 unspecified atom stereocenters. The maximum absolute atomic E-state index is 12.9. The number of oxazole rings is 1. The Labute approximate surface area is 194 Å². The number of nitrogens with one attached hydrogen (secondary N) is 1. The zero-order chi connectivity index (χ0) is 22.2. The molecule has 0 fully saturated rings. The molecular weight excluding hydrogens is 440 g/mol. The molecule has 0 aliphatic rings. The van der Waals surface area contributed by atoms with Crippen molar-refractivity contribution in [2.24, 2.45) is 0 Å². The van der Waals surface area contributed by atoms with Crippen molar-refractivity contribution < 1.29 is 9.21 Å². The normalized spacial score (nSPS) is 12.3. The summed E-state index contributed by atoms with van der Waals surface area (Å²) in [5, 5.41) is 4.33. The molecule has 0 aliphatic carbocycles. The van der Waals surface area contributed by atoms with Crippen LogP contribution in [0.3, 0.4) is 0 Å². The molecule has 0 spiro atoms. The van der Waals surface area contributed by atoms with Crippen molar-refractivity contribution in [1.82, 2.24) is 4.98 Å². The Balaban J connectivity index is 1.43. The summed E-state index contributed by atoms with van der Waals surface area (Å²) in [7, 11) is 0. The Morgan fingerprint density at radius 3 is 2.78 bits per heavy atom. The zero-order valence-corrected chi connectivity index (χ0v) is 19.3. The molecule has 1 atom stereocenters. The molecule has 4 nitrogen and oxygen atoms in total. The van der Waals surface area contributed by atoms with Crippen molar-refractivity contribution in [3.63, 3.8) is 0 Å². The molecule has 160 valence electrons. The van der Waals surface area contributed by atoms with Gasteiger partial charge in [0.25, 0.3) is 5.91 Å². The summed E-state index contributed by atoms with van der Waals surface area (Å²) in [5.74, 6) is 0.764. The van der Waals surface area contributed by atoms with Gasteiger partial charge in [0, 0.05) is 21.3 Å². The number of aromatic nitrogens is 1. The number of anilines is 1. The summed E-state index contributed by atoms with van der Waals surface area (Å²) in [6, 6.07) is 21.4. The summed E-state index contributed by atoms with van der Waals surface area (Å²) in [6.07, 6.45) is 1.07. The second-order valence-electron chi connectivity index (χ2n) is 7.83. The monoisotopic (exact) mass is 460 g/mol. The van der Waals surface area contributed by atoms with Gasteiger partial charge < -0.3 is 9.73 Å². The topological polar surface area (TPSA) is 55.1 Å². The van der Waals surface area contributed by atoms with E-state index in [1.54, 1.807) is 0 Å². The second kappa shape index (κ2) is 8.41. The highest BCUT2D eigenvalue weighted by atomic mass is 35.5. The quantitative estimate of drug-likeness (QED) is 0.288. The molecule has 0 bridgehead atoms. The van der Waals surface area contributed by atoms with Crippen molar-refractivity contribution >= 4 is 55.7 Å². The number of rotatable bonds is 5. The van der Waals surface area contributed by atoms with Crippen molar-refractivity contribution in [2.75, 3.05) is 5.32 Å². The zero-order valence-electron chi connectivity index (χ0n) is 17.7. The van der Waals surface area contributed by atoms with Crippen LogP contribution in [0.4, 0.5) is 5.69 Å². The molecular formula is C26H21ClN2O2S. The third kappa shape index (κ3) is 3.78. The Hall–Kier alpha value is -3.15. The number of carbonyl (C=O) groups is 1. The van der Waals surface area contributed by atoms with Crippen LogP contribution in [-0.4, -0.2) is 10.9 Å². The van der Waals surface area contributed by atoms with Crippen molar-refractivity contribution in [3.8, 4) is 11.5 Å². The SMILES string of the molecule is CC[C@@H](C)c1ccc2oc(-c3cccc(NC(=O)c4sc5ccccc5c4Cl)c3)nc2c1. The van der Waals surface area contributed by atoms with Crippen molar-refractivity contribution in [3.05, 3.63) is 82.2 Å². The van der Waals surface area contributed by atoms with E-state index in [-0.39, 0.29) is 5.91 Å². The van der Waals surface area contributed by atoms with Gasteiger partial charge in [0.05, 0.1) is 5.02 Å². The van der Waals surface area contributed by atoms with E-state index in [2.05, 4.69) is 36.3 Å². The molecule has 0 saturated carbocycles. The van der Waals surface area contributed by atoms with Crippen LogP contribution in [0.5, 0.6) is 0 Å². The highest BCUT2D eigenvalue weighted by Crippen LogP contribution is 2.36. The molecule has 1 N–H and O–H groups in total. The van der Waals surface area contributed by atoms with E-state index in [0.29, 0.717) is 27.4 Å². The predicted molar refractivity (Wildman–Crippen MR) is 133 cm³/mol. The molecule has 0 saturated heterocycles. The van der Waals surface area contributed by atoms with E-state index >= 15 is 0 Å². The van der Waals surface area contributed by atoms with Crippen LogP contribution >= 0.6 is 22.9 Å². The van der Waals surface area contributed by atoms with Crippen LogP contribution in [0.15, 0.2) is 71.1 Å². The number of halogens is 1. The Kier molecular flexibility index (Phi) is 5.45. The number of nitrogens with zero attached hydrogens (tertiary/aromatic N) is 1.